The first-order chi connectivity index (χ1) is 7.20. The molecule has 2 heterocycles. The Hall–Kier alpha value is -1.75. The van der Waals surface area contributed by atoms with Crippen molar-refractivity contribution < 1.29 is 5.11 Å². The van der Waals surface area contributed by atoms with Crippen LogP contribution in [0.15, 0.2) is 18.6 Å². The van der Waals surface area contributed by atoms with E-state index >= 15 is 0 Å². The van der Waals surface area contributed by atoms with Gasteiger partial charge in [0.15, 0.2) is 0 Å². The fourth-order valence-electron chi connectivity index (χ4n) is 1.27. The minimum atomic E-state index is -0.0375. The Balaban J connectivity index is 2.42. The van der Waals surface area contributed by atoms with Crippen LogP contribution in [0.3, 0.4) is 0 Å². The van der Waals surface area contributed by atoms with Crippen LogP contribution < -0.4 is 0 Å². The molecular formula is C10H12N4O. The summed E-state index contributed by atoms with van der Waals surface area (Å²) in [6.07, 6.45) is 5.22. The molecule has 0 spiro atoms. The molecule has 0 saturated carbocycles. The molecule has 5 heteroatoms. The summed E-state index contributed by atoms with van der Waals surface area (Å²) in [5, 5.41) is 13.1. The number of hydrogen-bond donors (Lipinski definition) is 1. The third-order valence-corrected chi connectivity index (χ3v) is 2.16. The molecule has 0 saturated heterocycles. The first-order valence-electron chi connectivity index (χ1n) is 4.65. The predicted octanol–water partition coefficient (Wildman–Crippen LogP) is 0.771. The zero-order valence-corrected chi connectivity index (χ0v) is 8.68. The zero-order chi connectivity index (χ0) is 10.8. The van der Waals surface area contributed by atoms with Crippen LogP contribution in [0.25, 0.3) is 5.95 Å². The number of aromatic nitrogens is 4. The number of aliphatic hydroxyl groups excluding tert-OH is 1. The molecule has 2 aromatic heterocycles. The van der Waals surface area contributed by atoms with Crippen LogP contribution >= 0.6 is 0 Å². The highest BCUT2D eigenvalue weighted by atomic mass is 16.3. The van der Waals surface area contributed by atoms with Gasteiger partial charge >= 0.3 is 0 Å². The van der Waals surface area contributed by atoms with Gasteiger partial charge in [-0.05, 0) is 19.4 Å². The second-order valence-electron chi connectivity index (χ2n) is 3.40. The topological polar surface area (TPSA) is 63.8 Å². The van der Waals surface area contributed by atoms with Crippen molar-refractivity contribution in [2.75, 3.05) is 0 Å². The van der Waals surface area contributed by atoms with Gasteiger partial charge < -0.3 is 5.11 Å². The van der Waals surface area contributed by atoms with Crippen molar-refractivity contribution in [1.29, 1.82) is 0 Å². The second-order valence-corrected chi connectivity index (χ2v) is 3.40. The first-order valence-corrected chi connectivity index (χ1v) is 4.65. The summed E-state index contributed by atoms with van der Waals surface area (Å²) in [7, 11) is 0. The van der Waals surface area contributed by atoms with Crippen LogP contribution in [-0.4, -0.2) is 24.9 Å². The van der Waals surface area contributed by atoms with Crippen molar-refractivity contribution in [2.45, 2.75) is 20.5 Å². The average Bonchev–Trinajstić information content (AvgIpc) is 2.65. The molecule has 0 fully saturated rings. The molecule has 0 atom stereocenters. The Bertz CT molecular complexity index is 478. The molecule has 2 aromatic rings. The van der Waals surface area contributed by atoms with Crippen molar-refractivity contribution in [3.05, 3.63) is 35.4 Å². The highest BCUT2D eigenvalue weighted by molar-refractivity contribution is 5.21. The minimum absolute atomic E-state index is 0.0375. The van der Waals surface area contributed by atoms with Gasteiger partial charge in [0, 0.05) is 23.7 Å². The van der Waals surface area contributed by atoms with E-state index in [1.54, 1.807) is 17.1 Å². The quantitative estimate of drug-likeness (QED) is 0.784. The predicted molar refractivity (Wildman–Crippen MR) is 54.6 cm³/mol. The molecule has 15 heavy (non-hydrogen) atoms. The molecule has 0 aliphatic carbocycles. The largest absolute Gasteiger partial charge is 0.392 e. The molecule has 0 aromatic carbocycles. The van der Waals surface area contributed by atoms with E-state index in [1.165, 1.54) is 0 Å². The Morgan fingerprint density at radius 3 is 2.67 bits per heavy atom. The smallest absolute Gasteiger partial charge is 0.250 e. The standard InChI is InChI=1S/C10H12N4O/c1-7-3-12-14(5-7)10-11-4-9(6-15)8(2)13-10/h3-5,15H,6H2,1-2H3. The number of hydrogen-bond acceptors (Lipinski definition) is 4. The van der Waals surface area contributed by atoms with E-state index in [0.717, 1.165) is 16.8 Å². The van der Waals surface area contributed by atoms with Crippen molar-refractivity contribution in [2.24, 2.45) is 0 Å². The Labute approximate surface area is 87.4 Å². The summed E-state index contributed by atoms with van der Waals surface area (Å²) >= 11 is 0. The SMILES string of the molecule is Cc1cnn(-c2ncc(CO)c(C)n2)c1. The van der Waals surface area contributed by atoms with E-state index < -0.39 is 0 Å². The lowest BCUT2D eigenvalue weighted by atomic mass is 10.3. The van der Waals surface area contributed by atoms with Crippen LogP contribution in [0, 0.1) is 13.8 Å². The van der Waals surface area contributed by atoms with E-state index in [9.17, 15) is 0 Å². The van der Waals surface area contributed by atoms with E-state index in [2.05, 4.69) is 15.1 Å². The summed E-state index contributed by atoms with van der Waals surface area (Å²) < 4.78 is 1.61. The van der Waals surface area contributed by atoms with E-state index in [1.807, 2.05) is 20.0 Å². The molecule has 0 unspecified atom stereocenters. The van der Waals surface area contributed by atoms with Crippen molar-refractivity contribution in [3.63, 3.8) is 0 Å². The monoisotopic (exact) mass is 204 g/mol. The maximum Gasteiger partial charge on any atom is 0.250 e. The fourth-order valence-corrected chi connectivity index (χ4v) is 1.27. The van der Waals surface area contributed by atoms with Gasteiger partial charge in [-0.15, -0.1) is 0 Å². The molecule has 0 aliphatic rings. The van der Waals surface area contributed by atoms with E-state index in [4.69, 9.17) is 5.11 Å². The molecule has 78 valence electrons. The highest BCUT2D eigenvalue weighted by Crippen LogP contribution is 2.07. The normalized spacial score (nSPS) is 10.6. The van der Waals surface area contributed by atoms with Crippen molar-refractivity contribution >= 4 is 0 Å². The summed E-state index contributed by atoms with van der Waals surface area (Å²) in [5.41, 5.74) is 2.57. The molecule has 0 aliphatic heterocycles. The number of aryl methyl sites for hydroxylation is 2. The van der Waals surface area contributed by atoms with Crippen LogP contribution in [-0.2, 0) is 6.61 Å². The van der Waals surface area contributed by atoms with E-state index in [-0.39, 0.29) is 6.61 Å². The fraction of sp³-hybridized carbons (Fsp3) is 0.300. The maximum absolute atomic E-state index is 8.98. The van der Waals surface area contributed by atoms with Gasteiger partial charge in [0.25, 0.3) is 5.95 Å². The summed E-state index contributed by atoms with van der Waals surface area (Å²) in [5.74, 6) is 0.526. The van der Waals surface area contributed by atoms with Crippen molar-refractivity contribution in [1.82, 2.24) is 19.7 Å². The first kappa shape index (κ1) is 9.79. The van der Waals surface area contributed by atoms with Crippen LogP contribution in [0.4, 0.5) is 0 Å². The number of rotatable bonds is 2. The Morgan fingerprint density at radius 2 is 2.13 bits per heavy atom. The number of nitrogens with zero attached hydrogens (tertiary/aromatic N) is 4. The molecule has 5 nitrogen and oxygen atoms in total. The lowest BCUT2D eigenvalue weighted by Gasteiger charge is -2.03. The van der Waals surface area contributed by atoms with Gasteiger partial charge in [-0.2, -0.15) is 5.10 Å². The lowest BCUT2D eigenvalue weighted by Crippen LogP contribution is -2.04. The Morgan fingerprint density at radius 1 is 1.33 bits per heavy atom. The summed E-state index contributed by atoms with van der Waals surface area (Å²) in [4.78, 5) is 8.38. The molecule has 1 N–H and O–H groups in total. The number of aliphatic hydroxyl groups is 1. The average molecular weight is 204 g/mol. The molecule has 0 radical (unpaired) electrons. The molecule has 0 bridgehead atoms. The zero-order valence-electron chi connectivity index (χ0n) is 8.68. The second kappa shape index (κ2) is 3.78. The molecule has 2 rings (SSSR count). The van der Waals surface area contributed by atoms with Gasteiger partial charge in [0.1, 0.15) is 0 Å². The minimum Gasteiger partial charge on any atom is -0.392 e. The van der Waals surface area contributed by atoms with Gasteiger partial charge in [0.2, 0.25) is 0 Å². The van der Waals surface area contributed by atoms with Gasteiger partial charge in [-0.3, -0.25) is 0 Å². The summed E-state index contributed by atoms with van der Waals surface area (Å²) in [6.45, 7) is 3.76. The van der Waals surface area contributed by atoms with Gasteiger partial charge in [0.05, 0.1) is 12.8 Å². The van der Waals surface area contributed by atoms with Crippen LogP contribution in [0.5, 0.6) is 0 Å². The van der Waals surface area contributed by atoms with Gasteiger partial charge in [-0.25, -0.2) is 14.6 Å². The molecular weight excluding hydrogens is 192 g/mol. The van der Waals surface area contributed by atoms with Crippen molar-refractivity contribution in [3.8, 4) is 5.95 Å². The maximum atomic E-state index is 8.98. The molecule has 0 amide bonds. The third kappa shape index (κ3) is 1.87. The Kier molecular flexibility index (Phi) is 2.47. The summed E-state index contributed by atoms with van der Waals surface area (Å²) in [6, 6.07) is 0. The van der Waals surface area contributed by atoms with Gasteiger partial charge in [-0.1, -0.05) is 0 Å². The van der Waals surface area contributed by atoms with Crippen LogP contribution in [0.1, 0.15) is 16.8 Å². The van der Waals surface area contributed by atoms with Crippen LogP contribution in [0.2, 0.25) is 0 Å². The third-order valence-electron chi connectivity index (χ3n) is 2.16. The highest BCUT2D eigenvalue weighted by Gasteiger charge is 2.04. The van der Waals surface area contributed by atoms with E-state index in [0.29, 0.717) is 5.95 Å². The lowest BCUT2D eigenvalue weighted by molar-refractivity contribution is 0.280.